The van der Waals surface area contributed by atoms with E-state index in [9.17, 15) is 5.11 Å². The van der Waals surface area contributed by atoms with Crippen LogP contribution in [0.5, 0.6) is 0 Å². The maximum absolute atomic E-state index is 9.34. The van der Waals surface area contributed by atoms with Crippen LogP contribution in [0, 0.1) is 0 Å². The van der Waals surface area contributed by atoms with Crippen molar-refractivity contribution in [3.63, 3.8) is 0 Å². The molecule has 1 heterocycles. The van der Waals surface area contributed by atoms with Gasteiger partial charge in [0.25, 0.3) is 0 Å². The summed E-state index contributed by atoms with van der Waals surface area (Å²) in [5, 5.41) is 18.0. The first-order valence-electron chi connectivity index (χ1n) is 4.16. The fourth-order valence-electron chi connectivity index (χ4n) is 1.16. The van der Waals surface area contributed by atoms with Gasteiger partial charge in [0.05, 0.1) is 12.7 Å². The summed E-state index contributed by atoms with van der Waals surface area (Å²) in [4.78, 5) is 0. The number of hydrogen-bond acceptors (Lipinski definition) is 4. The summed E-state index contributed by atoms with van der Waals surface area (Å²) in [5.41, 5.74) is 0. The lowest BCUT2D eigenvalue weighted by atomic mass is 10.1. The zero-order valence-corrected chi connectivity index (χ0v) is 7.35. The highest BCUT2D eigenvalue weighted by molar-refractivity contribution is 4.93. The Balaban J connectivity index is 2.42. The monoisotopic (exact) mass is 186 g/mol. The second-order valence-corrected chi connectivity index (χ2v) is 2.86. The standard InChI is InChI=1S/C9H14O4/c1-2-3-12-9-5-7(11)4-8(6-10)13-9/h2,6-7,9-11H,1,3-5H2/b8-6+. The lowest BCUT2D eigenvalue weighted by Gasteiger charge is -2.28. The van der Waals surface area contributed by atoms with Crippen molar-refractivity contribution in [2.24, 2.45) is 0 Å². The molecule has 2 atom stereocenters. The van der Waals surface area contributed by atoms with Gasteiger partial charge in [0.1, 0.15) is 12.0 Å². The van der Waals surface area contributed by atoms with Crippen LogP contribution in [0.15, 0.2) is 24.7 Å². The Kier molecular flexibility index (Phi) is 3.79. The quantitative estimate of drug-likeness (QED) is 0.511. The minimum absolute atomic E-state index is 0.338. The van der Waals surface area contributed by atoms with E-state index in [0.29, 0.717) is 25.2 Å². The maximum atomic E-state index is 9.34. The molecule has 0 radical (unpaired) electrons. The molecule has 0 aromatic heterocycles. The van der Waals surface area contributed by atoms with Crippen molar-refractivity contribution in [2.45, 2.75) is 25.2 Å². The van der Waals surface area contributed by atoms with Crippen LogP contribution < -0.4 is 0 Å². The van der Waals surface area contributed by atoms with Crippen LogP contribution in [-0.4, -0.2) is 29.2 Å². The number of rotatable bonds is 3. The van der Waals surface area contributed by atoms with Gasteiger partial charge in [-0.25, -0.2) is 0 Å². The topological polar surface area (TPSA) is 58.9 Å². The third kappa shape index (κ3) is 3.08. The fraction of sp³-hybridized carbons (Fsp3) is 0.556. The SMILES string of the molecule is C=CCOC1CC(O)C/C(=C\O)O1. The van der Waals surface area contributed by atoms with Crippen LogP contribution in [0.3, 0.4) is 0 Å². The maximum Gasteiger partial charge on any atom is 0.202 e. The third-order valence-corrected chi connectivity index (χ3v) is 1.73. The largest absolute Gasteiger partial charge is 0.512 e. The van der Waals surface area contributed by atoms with Crippen LogP contribution in [0.4, 0.5) is 0 Å². The minimum Gasteiger partial charge on any atom is -0.512 e. The molecule has 13 heavy (non-hydrogen) atoms. The summed E-state index contributed by atoms with van der Waals surface area (Å²) in [6.45, 7) is 3.87. The number of hydrogen-bond donors (Lipinski definition) is 2. The molecule has 0 aromatic carbocycles. The van der Waals surface area contributed by atoms with Gasteiger partial charge in [-0.05, 0) is 0 Å². The van der Waals surface area contributed by atoms with Gasteiger partial charge in [-0.1, -0.05) is 6.08 Å². The van der Waals surface area contributed by atoms with Gasteiger partial charge in [-0.2, -0.15) is 0 Å². The molecule has 1 saturated heterocycles. The van der Waals surface area contributed by atoms with Gasteiger partial charge >= 0.3 is 0 Å². The van der Waals surface area contributed by atoms with Crippen LogP contribution >= 0.6 is 0 Å². The van der Waals surface area contributed by atoms with Crippen molar-refractivity contribution in [1.82, 2.24) is 0 Å². The first-order valence-corrected chi connectivity index (χ1v) is 4.16. The zero-order chi connectivity index (χ0) is 9.68. The minimum atomic E-state index is -0.512. The van der Waals surface area contributed by atoms with E-state index in [4.69, 9.17) is 14.6 Å². The molecule has 4 heteroatoms. The van der Waals surface area contributed by atoms with Gasteiger partial charge in [0.2, 0.25) is 6.29 Å². The first kappa shape index (κ1) is 10.1. The normalized spacial score (nSPS) is 31.3. The summed E-state index contributed by atoms with van der Waals surface area (Å²) in [6.07, 6.45) is 2.22. The van der Waals surface area contributed by atoms with Gasteiger partial charge in [0, 0.05) is 12.8 Å². The molecule has 74 valence electrons. The molecule has 1 aliphatic heterocycles. The van der Waals surface area contributed by atoms with Crippen molar-refractivity contribution in [1.29, 1.82) is 0 Å². The third-order valence-electron chi connectivity index (χ3n) is 1.73. The number of ether oxygens (including phenoxy) is 2. The van der Waals surface area contributed by atoms with E-state index in [1.807, 2.05) is 0 Å². The lowest BCUT2D eigenvalue weighted by molar-refractivity contribution is -0.152. The molecule has 0 amide bonds. The van der Waals surface area contributed by atoms with Crippen LogP contribution in [0.2, 0.25) is 0 Å². The molecule has 4 nitrogen and oxygen atoms in total. The van der Waals surface area contributed by atoms with E-state index in [1.165, 1.54) is 0 Å². The van der Waals surface area contributed by atoms with E-state index in [1.54, 1.807) is 6.08 Å². The molecule has 1 aliphatic rings. The van der Waals surface area contributed by atoms with Crippen molar-refractivity contribution in [3.05, 3.63) is 24.7 Å². The highest BCUT2D eigenvalue weighted by Crippen LogP contribution is 2.22. The molecular formula is C9H14O4. The van der Waals surface area contributed by atoms with E-state index < -0.39 is 12.4 Å². The Morgan fingerprint density at radius 3 is 3.08 bits per heavy atom. The molecule has 0 bridgehead atoms. The number of aliphatic hydroxyl groups excluding tert-OH is 2. The van der Waals surface area contributed by atoms with E-state index in [-0.39, 0.29) is 0 Å². The van der Waals surface area contributed by atoms with Crippen molar-refractivity contribution in [3.8, 4) is 0 Å². The van der Waals surface area contributed by atoms with Crippen molar-refractivity contribution >= 4 is 0 Å². The molecule has 0 spiro atoms. The predicted octanol–water partition coefficient (Wildman–Crippen LogP) is 1.09. The summed E-state index contributed by atoms with van der Waals surface area (Å²) in [6, 6.07) is 0. The van der Waals surface area contributed by atoms with Crippen LogP contribution in [-0.2, 0) is 9.47 Å². The molecule has 1 fully saturated rings. The highest BCUT2D eigenvalue weighted by Gasteiger charge is 2.25. The Morgan fingerprint density at radius 1 is 1.69 bits per heavy atom. The summed E-state index contributed by atoms with van der Waals surface area (Å²) < 4.78 is 10.4. The molecule has 0 aromatic rings. The highest BCUT2D eigenvalue weighted by atomic mass is 16.7. The Hall–Kier alpha value is -1.00. The zero-order valence-electron chi connectivity index (χ0n) is 7.35. The lowest BCUT2D eigenvalue weighted by Crippen LogP contribution is -2.29. The van der Waals surface area contributed by atoms with Gasteiger partial charge < -0.3 is 19.7 Å². The Bertz CT molecular complexity index is 200. The fourth-order valence-corrected chi connectivity index (χ4v) is 1.16. The van der Waals surface area contributed by atoms with Crippen LogP contribution in [0.1, 0.15) is 12.8 Å². The predicted molar refractivity (Wildman–Crippen MR) is 47.0 cm³/mol. The van der Waals surface area contributed by atoms with Crippen molar-refractivity contribution in [2.75, 3.05) is 6.61 Å². The smallest absolute Gasteiger partial charge is 0.202 e. The molecule has 0 saturated carbocycles. The Morgan fingerprint density at radius 2 is 2.46 bits per heavy atom. The Labute approximate surface area is 77.1 Å². The first-order chi connectivity index (χ1) is 6.26. The van der Waals surface area contributed by atoms with Gasteiger partial charge in [0.15, 0.2) is 0 Å². The van der Waals surface area contributed by atoms with Crippen molar-refractivity contribution < 1.29 is 19.7 Å². The van der Waals surface area contributed by atoms with E-state index >= 15 is 0 Å². The molecule has 0 aliphatic carbocycles. The molecule has 2 N–H and O–H groups in total. The van der Waals surface area contributed by atoms with Gasteiger partial charge in [-0.15, -0.1) is 6.58 Å². The number of aliphatic hydroxyl groups is 2. The average Bonchev–Trinajstić information content (AvgIpc) is 2.14. The summed E-state index contributed by atoms with van der Waals surface area (Å²) >= 11 is 0. The van der Waals surface area contributed by atoms with E-state index in [2.05, 4.69) is 6.58 Å². The van der Waals surface area contributed by atoms with E-state index in [0.717, 1.165) is 6.26 Å². The molecule has 2 unspecified atom stereocenters. The summed E-state index contributed by atoms with van der Waals surface area (Å²) in [7, 11) is 0. The second-order valence-electron chi connectivity index (χ2n) is 2.86. The second kappa shape index (κ2) is 4.89. The summed E-state index contributed by atoms with van der Waals surface area (Å²) in [5.74, 6) is 0.354. The van der Waals surface area contributed by atoms with Gasteiger partial charge in [-0.3, -0.25) is 0 Å². The van der Waals surface area contributed by atoms with Crippen LogP contribution in [0.25, 0.3) is 0 Å². The average molecular weight is 186 g/mol. The molecular weight excluding hydrogens is 172 g/mol. The molecule has 1 rings (SSSR count).